The van der Waals surface area contributed by atoms with Crippen LogP contribution in [-0.2, 0) is 13.1 Å². The molecule has 0 atom stereocenters. The van der Waals surface area contributed by atoms with Crippen molar-refractivity contribution in [1.82, 2.24) is 15.5 Å². The lowest BCUT2D eigenvalue weighted by molar-refractivity contribution is 0.198. The van der Waals surface area contributed by atoms with Gasteiger partial charge in [-0.05, 0) is 53.4 Å². The zero-order valence-electron chi connectivity index (χ0n) is 14.8. The fraction of sp³-hybridized carbons (Fsp3) is 0.421. The summed E-state index contributed by atoms with van der Waals surface area (Å²) in [7, 11) is 1.68. The van der Waals surface area contributed by atoms with Crippen LogP contribution in [0.2, 0.25) is 0 Å². The smallest absolute Gasteiger partial charge is 0.191 e. The molecule has 26 heavy (non-hydrogen) atoms. The lowest BCUT2D eigenvalue weighted by atomic mass is 10.0. The van der Waals surface area contributed by atoms with Gasteiger partial charge in [-0.15, -0.1) is 0 Å². The number of hydrogen-bond donors (Lipinski definition) is 2. The first-order chi connectivity index (χ1) is 12.6. The molecule has 3 rings (SSSR count). The van der Waals surface area contributed by atoms with Gasteiger partial charge < -0.3 is 10.6 Å². The Labute approximate surface area is 156 Å². The highest BCUT2D eigenvalue weighted by Crippen LogP contribution is 2.15. The van der Waals surface area contributed by atoms with E-state index in [2.05, 4.69) is 37.4 Å². The van der Waals surface area contributed by atoms with Crippen LogP contribution in [0.25, 0.3) is 0 Å². The summed E-state index contributed by atoms with van der Waals surface area (Å²) >= 11 is 1.73. The lowest BCUT2D eigenvalue weighted by Crippen LogP contribution is -2.48. The van der Waals surface area contributed by atoms with E-state index in [1.165, 1.54) is 11.6 Å². The van der Waals surface area contributed by atoms with Gasteiger partial charge in [0.25, 0.3) is 0 Å². The van der Waals surface area contributed by atoms with Gasteiger partial charge in [0.15, 0.2) is 5.96 Å². The normalized spacial score (nSPS) is 16.7. The SMILES string of the molecule is CN=C(NCc1cc(F)ccc1F)NC1CCN(Cc2ccsc2)CC1. The summed E-state index contributed by atoms with van der Waals surface area (Å²) in [6, 6.07) is 5.98. The van der Waals surface area contributed by atoms with E-state index in [0.29, 0.717) is 17.6 Å². The Morgan fingerprint density at radius 2 is 2.08 bits per heavy atom. The van der Waals surface area contributed by atoms with Gasteiger partial charge in [-0.25, -0.2) is 8.78 Å². The molecule has 0 radical (unpaired) electrons. The first-order valence-electron chi connectivity index (χ1n) is 8.78. The van der Waals surface area contributed by atoms with Gasteiger partial charge in [-0.3, -0.25) is 9.89 Å². The van der Waals surface area contributed by atoms with E-state index in [1.54, 1.807) is 18.4 Å². The number of thiophene rings is 1. The van der Waals surface area contributed by atoms with Crippen molar-refractivity contribution in [3.8, 4) is 0 Å². The van der Waals surface area contributed by atoms with Crippen molar-refractivity contribution in [2.75, 3.05) is 20.1 Å². The molecule has 0 spiro atoms. The fourth-order valence-electron chi connectivity index (χ4n) is 3.12. The highest BCUT2D eigenvalue weighted by molar-refractivity contribution is 7.07. The summed E-state index contributed by atoms with van der Waals surface area (Å²) in [5, 5.41) is 10.8. The van der Waals surface area contributed by atoms with Crippen LogP contribution in [0, 0.1) is 11.6 Å². The van der Waals surface area contributed by atoms with Crippen molar-refractivity contribution in [1.29, 1.82) is 0 Å². The first kappa shape index (κ1) is 18.8. The predicted molar refractivity (Wildman–Crippen MR) is 102 cm³/mol. The van der Waals surface area contributed by atoms with E-state index >= 15 is 0 Å². The fourth-order valence-corrected chi connectivity index (χ4v) is 3.78. The third-order valence-corrected chi connectivity index (χ3v) is 5.32. The van der Waals surface area contributed by atoms with Gasteiger partial charge in [0.1, 0.15) is 11.6 Å². The van der Waals surface area contributed by atoms with Gasteiger partial charge in [-0.2, -0.15) is 11.3 Å². The molecule has 0 aliphatic carbocycles. The van der Waals surface area contributed by atoms with Crippen molar-refractivity contribution in [3.63, 3.8) is 0 Å². The quantitative estimate of drug-likeness (QED) is 0.619. The number of guanidine groups is 1. The molecular weight excluding hydrogens is 354 g/mol. The van der Waals surface area contributed by atoms with Crippen LogP contribution < -0.4 is 10.6 Å². The molecule has 1 saturated heterocycles. The van der Waals surface area contributed by atoms with E-state index < -0.39 is 11.6 Å². The average molecular weight is 378 g/mol. The average Bonchev–Trinajstić information content (AvgIpc) is 3.15. The number of aliphatic imine (C=N–C) groups is 1. The first-order valence-corrected chi connectivity index (χ1v) is 9.73. The van der Waals surface area contributed by atoms with Crippen molar-refractivity contribution >= 4 is 17.3 Å². The molecule has 1 fully saturated rings. The monoisotopic (exact) mass is 378 g/mol. The molecule has 1 aromatic carbocycles. The number of piperidine rings is 1. The summed E-state index contributed by atoms with van der Waals surface area (Å²) in [6.45, 7) is 3.26. The number of nitrogens with one attached hydrogen (secondary N) is 2. The standard InChI is InChI=1S/C19H24F2N4S/c1-22-19(23-11-15-10-16(20)2-3-18(15)21)24-17-4-7-25(8-5-17)12-14-6-9-26-13-14/h2-3,6,9-10,13,17H,4-5,7-8,11-12H2,1H3,(H2,22,23,24). The number of halogens is 2. The Bertz CT molecular complexity index is 725. The van der Waals surface area contributed by atoms with E-state index in [-0.39, 0.29) is 6.54 Å². The summed E-state index contributed by atoms with van der Waals surface area (Å²) in [6.07, 6.45) is 2.05. The van der Waals surface area contributed by atoms with E-state index in [4.69, 9.17) is 0 Å². The predicted octanol–water partition coefficient (Wildman–Crippen LogP) is 3.36. The Morgan fingerprint density at radius 3 is 2.77 bits per heavy atom. The second-order valence-electron chi connectivity index (χ2n) is 6.49. The highest BCUT2D eigenvalue weighted by Gasteiger charge is 2.20. The molecular formula is C19H24F2N4S. The van der Waals surface area contributed by atoms with Crippen molar-refractivity contribution in [2.45, 2.75) is 32.0 Å². The minimum Gasteiger partial charge on any atom is -0.354 e. The highest BCUT2D eigenvalue weighted by atomic mass is 32.1. The van der Waals surface area contributed by atoms with Crippen LogP contribution in [0.5, 0.6) is 0 Å². The van der Waals surface area contributed by atoms with Crippen LogP contribution in [0.1, 0.15) is 24.0 Å². The molecule has 0 unspecified atom stereocenters. The Hall–Kier alpha value is -1.99. The van der Waals surface area contributed by atoms with Crippen molar-refractivity contribution in [3.05, 3.63) is 57.8 Å². The Balaban J connectivity index is 1.45. The molecule has 2 heterocycles. The zero-order valence-corrected chi connectivity index (χ0v) is 15.7. The molecule has 0 amide bonds. The third kappa shape index (κ3) is 5.25. The van der Waals surface area contributed by atoms with Gasteiger partial charge in [-0.1, -0.05) is 0 Å². The van der Waals surface area contributed by atoms with Crippen LogP contribution in [0.15, 0.2) is 40.0 Å². The maximum absolute atomic E-state index is 13.7. The molecule has 0 saturated carbocycles. The largest absolute Gasteiger partial charge is 0.354 e. The molecule has 2 N–H and O–H groups in total. The minimum atomic E-state index is -0.441. The second kappa shape index (κ2) is 9.09. The van der Waals surface area contributed by atoms with E-state index in [9.17, 15) is 8.78 Å². The van der Waals surface area contributed by atoms with Crippen LogP contribution >= 0.6 is 11.3 Å². The van der Waals surface area contributed by atoms with Crippen LogP contribution in [0.4, 0.5) is 8.78 Å². The van der Waals surface area contributed by atoms with Gasteiger partial charge in [0.2, 0.25) is 0 Å². The number of nitrogens with zero attached hydrogens (tertiary/aromatic N) is 2. The van der Waals surface area contributed by atoms with Crippen LogP contribution in [-0.4, -0.2) is 37.0 Å². The Morgan fingerprint density at radius 1 is 1.27 bits per heavy atom. The zero-order chi connectivity index (χ0) is 18.4. The molecule has 1 aliphatic rings. The van der Waals surface area contributed by atoms with E-state index in [0.717, 1.165) is 44.6 Å². The molecule has 1 aromatic heterocycles. The minimum absolute atomic E-state index is 0.195. The molecule has 4 nitrogen and oxygen atoms in total. The van der Waals surface area contributed by atoms with Gasteiger partial charge in [0, 0.05) is 44.8 Å². The van der Waals surface area contributed by atoms with Crippen molar-refractivity contribution in [2.24, 2.45) is 4.99 Å². The lowest BCUT2D eigenvalue weighted by Gasteiger charge is -2.33. The summed E-state index contributed by atoms with van der Waals surface area (Å²) < 4.78 is 27.0. The number of rotatable bonds is 5. The van der Waals surface area contributed by atoms with Crippen LogP contribution in [0.3, 0.4) is 0 Å². The summed E-state index contributed by atoms with van der Waals surface area (Å²) in [4.78, 5) is 6.65. The summed E-state index contributed by atoms with van der Waals surface area (Å²) in [5.41, 5.74) is 1.66. The molecule has 140 valence electrons. The third-order valence-electron chi connectivity index (χ3n) is 4.59. The topological polar surface area (TPSA) is 39.7 Å². The summed E-state index contributed by atoms with van der Waals surface area (Å²) in [5.74, 6) is -0.245. The number of benzene rings is 1. The second-order valence-corrected chi connectivity index (χ2v) is 7.27. The maximum Gasteiger partial charge on any atom is 0.191 e. The van der Waals surface area contributed by atoms with Crippen molar-refractivity contribution < 1.29 is 8.78 Å². The van der Waals surface area contributed by atoms with Gasteiger partial charge >= 0.3 is 0 Å². The number of likely N-dealkylation sites (tertiary alicyclic amines) is 1. The Kier molecular flexibility index (Phi) is 6.57. The molecule has 2 aromatic rings. The van der Waals surface area contributed by atoms with Gasteiger partial charge in [0.05, 0.1) is 0 Å². The molecule has 1 aliphatic heterocycles. The number of hydrogen-bond acceptors (Lipinski definition) is 3. The van der Waals surface area contributed by atoms with E-state index in [1.807, 2.05) is 0 Å². The molecule has 7 heteroatoms. The molecule has 0 bridgehead atoms. The maximum atomic E-state index is 13.7.